The van der Waals surface area contributed by atoms with Crippen molar-refractivity contribution in [3.05, 3.63) is 21.5 Å². The molecule has 0 saturated carbocycles. The van der Waals surface area contributed by atoms with Crippen LogP contribution in [-0.4, -0.2) is 11.4 Å². The second kappa shape index (κ2) is 5.09. The van der Waals surface area contributed by atoms with Crippen LogP contribution in [0.3, 0.4) is 0 Å². The van der Waals surface area contributed by atoms with Gasteiger partial charge in [-0.05, 0) is 20.8 Å². The van der Waals surface area contributed by atoms with Gasteiger partial charge in [-0.15, -0.1) is 0 Å². The number of hydrogen-bond donors (Lipinski definition) is 1. The predicted octanol–water partition coefficient (Wildman–Crippen LogP) is 3.38. The number of oxime groups is 1. The Labute approximate surface area is 79.6 Å². The minimum absolute atomic E-state index is 0.424. The monoisotopic (exact) mass is 235 g/mol. The zero-order valence-electron chi connectivity index (χ0n) is 7.23. The van der Waals surface area contributed by atoms with Crippen LogP contribution in [0, 0.1) is 0 Å². The summed E-state index contributed by atoms with van der Waals surface area (Å²) < 4.78 is 13.6. The Kier molecular flexibility index (Phi) is 4.81. The van der Waals surface area contributed by atoms with Gasteiger partial charge in [-0.3, -0.25) is 0 Å². The van der Waals surface area contributed by atoms with Gasteiger partial charge < -0.3 is 5.21 Å². The van der Waals surface area contributed by atoms with Gasteiger partial charge in [0.05, 0.1) is 0 Å². The van der Waals surface area contributed by atoms with Crippen molar-refractivity contribution in [2.75, 3.05) is 0 Å². The third kappa shape index (κ3) is 3.17. The van der Waals surface area contributed by atoms with Gasteiger partial charge in [0.1, 0.15) is 12.0 Å². The van der Waals surface area contributed by atoms with Crippen LogP contribution in [-0.2, 0) is 0 Å². The number of rotatable bonds is 2. The third-order valence-corrected chi connectivity index (χ3v) is 2.69. The summed E-state index contributed by atoms with van der Waals surface area (Å²) in [5.41, 5.74) is 1.39. The van der Waals surface area contributed by atoms with E-state index >= 15 is 0 Å². The second-order valence-electron chi connectivity index (χ2n) is 2.53. The Bertz CT molecular complexity index is 252. The van der Waals surface area contributed by atoms with Crippen molar-refractivity contribution in [1.82, 2.24) is 0 Å². The van der Waals surface area contributed by atoms with Gasteiger partial charge in [0.2, 0.25) is 0 Å². The van der Waals surface area contributed by atoms with E-state index in [-0.39, 0.29) is 0 Å². The highest BCUT2D eigenvalue weighted by molar-refractivity contribution is 9.12. The van der Waals surface area contributed by atoms with Gasteiger partial charge >= 0.3 is 0 Å². The molecule has 0 unspecified atom stereocenters. The number of hydrogen-bond acceptors (Lipinski definition) is 2. The van der Waals surface area contributed by atoms with E-state index in [1.165, 1.54) is 0 Å². The minimum atomic E-state index is -0.550. The van der Waals surface area contributed by atoms with Gasteiger partial charge in [0.15, 0.2) is 0 Å². The summed E-state index contributed by atoms with van der Waals surface area (Å²) in [7, 11) is 0. The molecule has 0 aliphatic rings. The van der Waals surface area contributed by atoms with Crippen molar-refractivity contribution in [1.29, 1.82) is 0 Å². The average Bonchev–Trinajstić information content (AvgIpc) is 2.02. The fourth-order valence-electron chi connectivity index (χ4n) is 0.627. The number of allylic oxidation sites excluding steroid dienone is 4. The van der Waals surface area contributed by atoms with Gasteiger partial charge in [-0.1, -0.05) is 26.7 Å². The Morgan fingerprint density at radius 3 is 2.25 bits per heavy atom. The first-order valence-corrected chi connectivity index (χ1v) is 4.17. The van der Waals surface area contributed by atoms with Crippen LogP contribution < -0.4 is 0 Å². The molecule has 0 atom stereocenters. The van der Waals surface area contributed by atoms with Crippen LogP contribution in [0.4, 0.5) is 4.39 Å². The lowest BCUT2D eigenvalue weighted by Gasteiger charge is -2.01. The topological polar surface area (TPSA) is 32.6 Å². The van der Waals surface area contributed by atoms with Crippen molar-refractivity contribution in [2.24, 2.45) is 5.16 Å². The normalized spacial score (nSPS) is 13.1. The Morgan fingerprint density at radius 2 is 1.92 bits per heavy atom. The lowest BCUT2D eigenvalue weighted by atomic mass is 10.2. The molecule has 0 aliphatic heterocycles. The van der Waals surface area contributed by atoms with Gasteiger partial charge in [-0.2, -0.15) is 0 Å². The molecule has 0 aliphatic carbocycles. The number of nitrogens with zero attached hydrogens (tertiary/aromatic N) is 1. The van der Waals surface area contributed by atoms with Gasteiger partial charge in [-0.25, -0.2) is 4.39 Å². The molecule has 0 saturated heterocycles. The molecule has 1 N–H and O–H groups in total. The molecule has 0 radical (unpaired) electrons. The molecule has 0 fully saturated rings. The molecule has 2 nitrogen and oxygen atoms in total. The summed E-state index contributed by atoms with van der Waals surface area (Å²) in [5.74, 6) is -0.550. The molecule has 0 aromatic heterocycles. The van der Waals surface area contributed by atoms with Gasteiger partial charge in [0, 0.05) is 10.1 Å². The first-order chi connectivity index (χ1) is 5.50. The second-order valence-corrected chi connectivity index (χ2v) is 3.32. The minimum Gasteiger partial charge on any atom is -0.411 e. The van der Waals surface area contributed by atoms with E-state index in [4.69, 9.17) is 5.21 Å². The molecule has 0 spiro atoms. The standard InChI is InChI=1S/C8H11BrFNO/c1-5(2)8(9)6(3)7(10)4-11-12/h4,12H,1-3H3/b7-6+,11-4+. The van der Waals surface area contributed by atoms with Crippen LogP contribution >= 0.6 is 15.9 Å². The van der Waals surface area contributed by atoms with Crippen molar-refractivity contribution in [3.8, 4) is 0 Å². The summed E-state index contributed by atoms with van der Waals surface area (Å²) in [6, 6.07) is 0. The fourth-order valence-corrected chi connectivity index (χ4v) is 0.817. The molecular formula is C8H11BrFNO. The first kappa shape index (κ1) is 11.4. The highest BCUT2D eigenvalue weighted by Crippen LogP contribution is 2.23. The molecule has 0 aromatic rings. The summed E-state index contributed by atoms with van der Waals surface area (Å²) >= 11 is 3.22. The van der Waals surface area contributed by atoms with E-state index in [0.29, 0.717) is 10.1 Å². The molecule has 0 amide bonds. The van der Waals surface area contributed by atoms with E-state index < -0.39 is 5.83 Å². The Morgan fingerprint density at radius 1 is 1.42 bits per heavy atom. The Balaban J connectivity index is 4.92. The lowest BCUT2D eigenvalue weighted by Crippen LogP contribution is -1.86. The van der Waals surface area contributed by atoms with E-state index in [9.17, 15) is 4.39 Å². The molecule has 68 valence electrons. The molecule has 4 heteroatoms. The molecular weight excluding hydrogens is 225 g/mol. The van der Waals surface area contributed by atoms with Crippen LogP contribution in [0.2, 0.25) is 0 Å². The smallest absolute Gasteiger partial charge is 0.148 e. The van der Waals surface area contributed by atoms with Crippen molar-refractivity contribution in [3.63, 3.8) is 0 Å². The van der Waals surface area contributed by atoms with E-state index in [0.717, 1.165) is 11.8 Å². The molecule has 0 heterocycles. The SMILES string of the molecule is CC(C)=C(Br)/C(C)=C(F)\C=N\O. The zero-order valence-corrected chi connectivity index (χ0v) is 8.81. The maximum absolute atomic E-state index is 12.9. The van der Waals surface area contributed by atoms with Crippen LogP contribution in [0.15, 0.2) is 26.6 Å². The summed E-state index contributed by atoms with van der Waals surface area (Å²) in [4.78, 5) is 0. The number of halogens is 2. The van der Waals surface area contributed by atoms with Crippen molar-refractivity contribution in [2.45, 2.75) is 20.8 Å². The van der Waals surface area contributed by atoms with E-state index in [1.807, 2.05) is 13.8 Å². The van der Waals surface area contributed by atoms with E-state index in [1.54, 1.807) is 6.92 Å². The highest BCUT2D eigenvalue weighted by Gasteiger charge is 2.03. The van der Waals surface area contributed by atoms with E-state index in [2.05, 4.69) is 21.1 Å². The summed E-state index contributed by atoms with van der Waals surface area (Å²) in [6.07, 6.45) is 0.763. The molecule has 0 bridgehead atoms. The maximum atomic E-state index is 12.9. The molecule has 12 heavy (non-hydrogen) atoms. The van der Waals surface area contributed by atoms with Crippen LogP contribution in [0.25, 0.3) is 0 Å². The van der Waals surface area contributed by atoms with Crippen LogP contribution in [0.5, 0.6) is 0 Å². The Hall–Kier alpha value is -0.640. The summed E-state index contributed by atoms with van der Waals surface area (Å²) in [5, 5.41) is 10.7. The average molecular weight is 236 g/mol. The maximum Gasteiger partial charge on any atom is 0.148 e. The van der Waals surface area contributed by atoms with Gasteiger partial charge in [0.25, 0.3) is 0 Å². The van der Waals surface area contributed by atoms with Crippen molar-refractivity contribution < 1.29 is 9.60 Å². The summed E-state index contributed by atoms with van der Waals surface area (Å²) in [6.45, 7) is 5.32. The largest absolute Gasteiger partial charge is 0.411 e. The third-order valence-electron chi connectivity index (χ3n) is 1.30. The first-order valence-electron chi connectivity index (χ1n) is 3.37. The molecule has 0 rings (SSSR count). The lowest BCUT2D eigenvalue weighted by molar-refractivity contribution is 0.320. The quantitative estimate of drug-likeness (QED) is 0.339. The molecule has 0 aromatic carbocycles. The zero-order chi connectivity index (χ0) is 9.72. The van der Waals surface area contributed by atoms with Crippen LogP contribution in [0.1, 0.15) is 20.8 Å². The predicted molar refractivity (Wildman–Crippen MR) is 51.4 cm³/mol. The van der Waals surface area contributed by atoms with Crippen molar-refractivity contribution >= 4 is 22.1 Å². The fraction of sp³-hybridized carbons (Fsp3) is 0.375. The highest BCUT2D eigenvalue weighted by atomic mass is 79.9.